The van der Waals surface area contributed by atoms with Gasteiger partial charge in [-0.15, -0.1) is 5.10 Å². The molecule has 166 valence electrons. The van der Waals surface area contributed by atoms with Gasteiger partial charge in [0.15, 0.2) is 0 Å². The van der Waals surface area contributed by atoms with Gasteiger partial charge in [0.05, 0.1) is 12.7 Å². The van der Waals surface area contributed by atoms with Crippen LogP contribution in [0.15, 0.2) is 85.1 Å². The Kier molecular flexibility index (Phi) is 6.01. The molecular formula is C26H24N4O3. The maximum absolute atomic E-state index is 13.5. The van der Waals surface area contributed by atoms with Crippen LogP contribution in [-0.2, 0) is 26.2 Å². The molecule has 0 atom stereocenters. The smallest absolute Gasteiger partial charge is 0.254 e. The van der Waals surface area contributed by atoms with Crippen molar-refractivity contribution < 1.29 is 14.3 Å². The average Bonchev–Trinajstić information content (AvgIpc) is 3.31. The first-order valence-electron chi connectivity index (χ1n) is 10.9. The third-order valence-corrected chi connectivity index (χ3v) is 5.49. The van der Waals surface area contributed by atoms with E-state index < -0.39 is 0 Å². The van der Waals surface area contributed by atoms with E-state index in [1.54, 1.807) is 4.68 Å². The number of para-hydroxylation sites is 1. The third kappa shape index (κ3) is 5.03. The summed E-state index contributed by atoms with van der Waals surface area (Å²) < 4.78 is 13.6. The zero-order chi connectivity index (χ0) is 22.5. The average molecular weight is 441 g/mol. The highest BCUT2D eigenvalue weighted by atomic mass is 16.5. The minimum atomic E-state index is -0.0498. The molecule has 2 aliphatic rings. The topological polar surface area (TPSA) is 69.5 Å². The Morgan fingerprint density at radius 1 is 0.879 bits per heavy atom. The fraction of sp³-hybridized carbons (Fsp3) is 0.192. The zero-order valence-electron chi connectivity index (χ0n) is 18.1. The van der Waals surface area contributed by atoms with E-state index in [0.717, 1.165) is 22.6 Å². The first-order valence-corrected chi connectivity index (χ1v) is 10.9. The number of hydrogen-bond acceptors (Lipinski definition) is 5. The molecule has 2 aliphatic heterocycles. The fourth-order valence-electron chi connectivity index (χ4n) is 3.78. The summed E-state index contributed by atoms with van der Waals surface area (Å²) in [6.07, 6.45) is 1.86. The first-order chi connectivity index (χ1) is 16.2. The second kappa shape index (κ2) is 9.56. The molecule has 0 saturated heterocycles. The SMILES string of the molecule is O=C1c2ccc(cc2)OCCn2cc(nn2)COc2ccccc2CN1Cc1ccccc1. The van der Waals surface area contributed by atoms with Gasteiger partial charge in [0.25, 0.3) is 5.91 Å². The molecule has 0 saturated carbocycles. The van der Waals surface area contributed by atoms with Crippen LogP contribution in [0.3, 0.4) is 0 Å². The van der Waals surface area contributed by atoms with Crippen molar-refractivity contribution in [1.29, 1.82) is 0 Å². The van der Waals surface area contributed by atoms with Crippen LogP contribution in [0.25, 0.3) is 0 Å². The maximum Gasteiger partial charge on any atom is 0.254 e. The summed E-state index contributed by atoms with van der Waals surface area (Å²) in [7, 11) is 0. The molecule has 1 amide bonds. The van der Waals surface area contributed by atoms with Gasteiger partial charge in [0.2, 0.25) is 0 Å². The van der Waals surface area contributed by atoms with Crippen molar-refractivity contribution in [3.05, 3.63) is 107 Å². The number of fused-ring (bicyclic) bond motifs is 7. The monoisotopic (exact) mass is 440 g/mol. The molecule has 0 aliphatic carbocycles. The highest BCUT2D eigenvalue weighted by molar-refractivity contribution is 5.94. The number of hydrogen-bond donors (Lipinski definition) is 0. The fourth-order valence-corrected chi connectivity index (χ4v) is 3.78. The summed E-state index contributed by atoms with van der Waals surface area (Å²) in [4.78, 5) is 15.4. The number of aromatic nitrogens is 3. The summed E-state index contributed by atoms with van der Waals surface area (Å²) in [6, 6.07) is 25.1. The summed E-state index contributed by atoms with van der Waals surface area (Å²) >= 11 is 0. The van der Waals surface area contributed by atoms with Gasteiger partial charge in [-0.05, 0) is 35.9 Å². The van der Waals surface area contributed by atoms with Crippen LogP contribution >= 0.6 is 0 Å². The van der Waals surface area contributed by atoms with Gasteiger partial charge in [-0.3, -0.25) is 4.79 Å². The quantitative estimate of drug-likeness (QED) is 0.470. The Bertz CT molecular complexity index is 1220. The van der Waals surface area contributed by atoms with E-state index in [1.807, 2.05) is 90.0 Å². The summed E-state index contributed by atoms with van der Waals surface area (Å²) in [5.41, 5.74) is 3.34. The van der Waals surface area contributed by atoms with Crippen molar-refractivity contribution in [3.8, 4) is 11.5 Å². The van der Waals surface area contributed by atoms with Crippen molar-refractivity contribution in [1.82, 2.24) is 19.9 Å². The Morgan fingerprint density at radius 2 is 1.67 bits per heavy atom. The molecule has 3 aromatic carbocycles. The van der Waals surface area contributed by atoms with E-state index in [0.29, 0.717) is 44.2 Å². The lowest BCUT2D eigenvalue weighted by atomic mass is 10.1. The van der Waals surface area contributed by atoms with E-state index in [9.17, 15) is 4.79 Å². The largest absolute Gasteiger partial charge is 0.492 e. The van der Waals surface area contributed by atoms with Gasteiger partial charge in [-0.2, -0.15) is 0 Å². The van der Waals surface area contributed by atoms with Crippen LogP contribution in [0.1, 0.15) is 27.2 Å². The van der Waals surface area contributed by atoms with Crippen molar-refractivity contribution in [3.63, 3.8) is 0 Å². The standard InChI is InChI=1S/C26H24N4O3/c31-26-21-10-12-24(13-11-21)32-15-14-30-18-23(27-28-30)19-33-25-9-5-4-8-22(25)17-29(26)16-20-6-2-1-3-7-20/h1-13,18H,14-17,19H2. The molecule has 4 bridgehead atoms. The van der Waals surface area contributed by atoms with E-state index in [-0.39, 0.29) is 5.91 Å². The predicted molar refractivity (Wildman–Crippen MR) is 123 cm³/mol. The highest BCUT2D eigenvalue weighted by Crippen LogP contribution is 2.24. The van der Waals surface area contributed by atoms with Gasteiger partial charge >= 0.3 is 0 Å². The van der Waals surface area contributed by atoms with E-state index in [2.05, 4.69) is 10.3 Å². The number of ether oxygens (including phenoxy) is 2. The van der Waals surface area contributed by atoms with Gasteiger partial charge in [0, 0.05) is 24.2 Å². The van der Waals surface area contributed by atoms with E-state index in [4.69, 9.17) is 9.47 Å². The summed E-state index contributed by atoms with van der Waals surface area (Å²) in [6.45, 7) is 2.20. The van der Waals surface area contributed by atoms with Crippen LogP contribution in [-0.4, -0.2) is 32.4 Å². The maximum atomic E-state index is 13.5. The molecular weight excluding hydrogens is 416 g/mol. The molecule has 0 fully saturated rings. The highest BCUT2D eigenvalue weighted by Gasteiger charge is 2.19. The van der Waals surface area contributed by atoms with Crippen LogP contribution in [0, 0.1) is 0 Å². The van der Waals surface area contributed by atoms with Crippen LogP contribution in [0.5, 0.6) is 11.5 Å². The molecule has 7 nitrogen and oxygen atoms in total. The number of benzene rings is 3. The molecule has 0 unspecified atom stereocenters. The molecule has 33 heavy (non-hydrogen) atoms. The minimum absolute atomic E-state index is 0.0498. The third-order valence-electron chi connectivity index (χ3n) is 5.49. The lowest BCUT2D eigenvalue weighted by Gasteiger charge is -2.24. The van der Waals surface area contributed by atoms with Crippen molar-refractivity contribution >= 4 is 5.91 Å². The van der Waals surface area contributed by atoms with Crippen molar-refractivity contribution in [2.24, 2.45) is 0 Å². The van der Waals surface area contributed by atoms with Crippen molar-refractivity contribution in [2.45, 2.75) is 26.2 Å². The second-order valence-corrected chi connectivity index (χ2v) is 7.89. The van der Waals surface area contributed by atoms with Gasteiger partial charge < -0.3 is 14.4 Å². The van der Waals surface area contributed by atoms with Gasteiger partial charge in [-0.1, -0.05) is 53.7 Å². The van der Waals surface area contributed by atoms with Crippen molar-refractivity contribution in [2.75, 3.05) is 6.61 Å². The Balaban J connectivity index is 1.50. The first kappa shape index (κ1) is 20.8. The molecule has 0 spiro atoms. The number of carbonyl (C=O) groups excluding carboxylic acids is 1. The van der Waals surface area contributed by atoms with Gasteiger partial charge in [0.1, 0.15) is 30.4 Å². The molecule has 6 rings (SSSR count). The number of carbonyl (C=O) groups is 1. The number of nitrogens with zero attached hydrogens (tertiary/aromatic N) is 4. The predicted octanol–water partition coefficient (Wildman–Crippen LogP) is 4.09. The molecule has 0 radical (unpaired) electrons. The molecule has 0 N–H and O–H groups in total. The Morgan fingerprint density at radius 3 is 2.52 bits per heavy atom. The number of amides is 1. The number of rotatable bonds is 2. The zero-order valence-corrected chi connectivity index (χ0v) is 18.1. The molecule has 4 aromatic rings. The van der Waals surface area contributed by atoms with Crippen LogP contribution in [0.2, 0.25) is 0 Å². The Hall–Kier alpha value is -4.13. The lowest BCUT2D eigenvalue weighted by Crippen LogP contribution is -2.30. The van der Waals surface area contributed by atoms with Gasteiger partial charge in [-0.25, -0.2) is 4.68 Å². The minimum Gasteiger partial charge on any atom is -0.492 e. The van der Waals surface area contributed by atoms with Crippen LogP contribution in [0.4, 0.5) is 0 Å². The summed E-state index contributed by atoms with van der Waals surface area (Å²) in [5.74, 6) is 1.38. The molecule has 7 heteroatoms. The summed E-state index contributed by atoms with van der Waals surface area (Å²) in [5, 5.41) is 8.34. The normalized spacial score (nSPS) is 14.2. The molecule has 1 aromatic heterocycles. The van der Waals surface area contributed by atoms with Crippen LogP contribution < -0.4 is 9.47 Å². The van der Waals surface area contributed by atoms with E-state index in [1.165, 1.54) is 0 Å². The lowest BCUT2D eigenvalue weighted by molar-refractivity contribution is 0.0728. The molecule has 3 heterocycles. The Labute approximate surface area is 192 Å². The second-order valence-electron chi connectivity index (χ2n) is 7.89. The van der Waals surface area contributed by atoms with E-state index >= 15 is 0 Å².